The molecule has 1 aromatic rings. The van der Waals surface area contributed by atoms with Gasteiger partial charge in [-0.1, -0.05) is 19.1 Å². The Kier molecular flexibility index (Phi) is 2.79. The third-order valence-corrected chi connectivity index (χ3v) is 3.04. The van der Waals surface area contributed by atoms with Gasteiger partial charge in [0.25, 0.3) is 0 Å². The topological polar surface area (TPSA) is 54.5 Å². The Balaban J connectivity index is 2.54. The zero-order chi connectivity index (χ0) is 12.6. The van der Waals surface area contributed by atoms with Crippen LogP contribution < -0.4 is 4.90 Å². The van der Waals surface area contributed by atoms with Crippen LogP contribution in [-0.2, 0) is 9.59 Å². The Bertz CT molecular complexity index is 507. The summed E-state index contributed by atoms with van der Waals surface area (Å²) in [6, 6.07) is 6.85. The first kappa shape index (κ1) is 11.5. The van der Waals surface area contributed by atoms with Gasteiger partial charge in [0.1, 0.15) is 0 Å². The number of carbonyl (C=O) groups is 3. The molecule has 1 unspecified atom stereocenters. The van der Waals surface area contributed by atoms with E-state index >= 15 is 0 Å². The second-order valence-electron chi connectivity index (χ2n) is 4.03. The van der Waals surface area contributed by atoms with Crippen LogP contribution in [0.2, 0.25) is 0 Å². The Labute approximate surface area is 99.2 Å². The Morgan fingerprint density at radius 1 is 1.29 bits per heavy atom. The predicted molar refractivity (Wildman–Crippen MR) is 63.0 cm³/mol. The van der Waals surface area contributed by atoms with Gasteiger partial charge in [-0.3, -0.25) is 14.4 Å². The third-order valence-electron chi connectivity index (χ3n) is 3.04. The summed E-state index contributed by atoms with van der Waals surface area (Å²) >= 11 is 0. The zero-order valence-corrected chi connectivity index (χ0v) is 9.77. The number of fused-ring (bicyclic) bond motifs is 1. The number of rotatable bonds is 2. The van der Waals surface area contributed by atoms with Crippen molar-refractivity contribution < 1.29 is 14.4 Å². The highest BCUT2D eigenvalue weighted by Gasteiger charge is 2.41. The lowest BCUT2D eigenvalue weighted by Crippen LogP contribution is -2.45. The van der Waals surface area contributed by atoms with Crippen molar-refractivity contribution in [3.05, 3.63) is 29.8 Å². The number of carbonyl (C=O) groups excluding carboxylic acids is 3. The van der Waals surface area contributed by atoms with Crippen molar-refractivity contribution in [1.82, 2.24) is 0 Å². The molecule has 2 rings (SSSR count). The lowest BCUT2D eigenvalue weighted by molar-refractivity contribution is -0.130. The van der Waals surface area contributed by atoms with Crippen LogP contribution >= 0.6 is 0 Å². The molecule has 1 aliphatic heterocycles. The molecule has 4 nitrogen and oxygen atoms in total. The van der Waals surface area contributed by atoms with Gasteiger partial charge in [0, 0.05) is 19.0 Å². The van der Waals surface area contributed by atoms with Crippen LogP contribution in [0, 0.1) is 5.92 Å². The first-order chi connectivity index (χ1) is 8.07. The average molecular weight is 231 g/mol. The van der Waals surface area contributed by atoms with Crippen LogP contribution in [0.15, 0.2) is 24.3 Å². The summed E-state index contributed by atoms with van der Waals surface area (Å²) in [6.07, 6.45) is 0.193. The molecule has 0 saturated heterocycles. The SMILES string of the molecule is CCC(=O)C1C(=O)c2ccccc2N(C)C1=O. The minimum atomic E-state index is -1.15. The van der Waals surface area contributed by atoms with Crippen LogP contribution in [0.25, 0.3) is 0 Å². The monoisotopic (exact) mass is 231 g/mol. The quantitative estimate of drug-likeness (QED) is 0.724. The minimum Gasteiger partial charge on any atom is -0.314 e. The van der Waals surface area contributed by atoms with E-state index in [1.54, 1.807) is 38.2 Å². The van der Waals surface area contributed by atoms with Crippen LogP contribution in [-0.4, -0.2) is 24.5 Å². The Hall–Kier alpha value is -1.97. The van der Waals surface area contributed by atoms with Crippen LogP contribution in [0.5, 0.6) is 0 Å². The molecule has 1 aliphatic rings. The highest BCUT2D eigenvalue weighted by atomic mass is 16.2. The highest BCUT2D eigenvalue weighted by molar-refractivity contribution is 6.31. The number of hydrogen-bond acceptors (Lipinski definition) is 3. The van der Waals surface area contributed by atoms with Crippen molar-refractivity contribution in [3.8, 4) is 0 Å². The van der Waals surface area contributed by atoms with Gasteiger partial charge in [-0.2, -0.15) is 0 Å². The number of benzene rings is 1. The Morgan fingerprint density at radius 2 is 1.94 bits per heavy atom. The van der Waals surface area contributed by atoms with Gasteiger partial charge in [0.05, 0.1) is 5.69 Å². The van der Waals surface area contributed by atoms with Gasteiger partial charge in [0.15, 0.2) is 17.5 Å². The first-order valence-corrected chi connectivity index (χ1v) is 5.51. The van der Waals surface area contributed by atoms with Crippen molar-refractivity contribution in [3.63, 3.8) is 0 Å². The molecule has 0 spiro atoms. The summed E-state index contributed by atoms with van der Waals surface area (Å²) < 4.78 is 0. The fraction of sp³-hybridized carbons (Fsp3) is 0.308. The summed E-state index contributed by atoms with van der Waals surface area (Å²) in [4.78, 5) is 37.1. The zero-order valence-electron chi connectivity index (χ0n) is 9.77. The highest BCUT2D eigenvalue weighted by Crippen LogP contribution is 2.30. The minimum absolute atomic E-state index is 0.193. The number of anilines is 1. The van der Waals surface area contributed by atoms with Crippen molar-refractivity contribution >= 4 is 23.2 Å². The van der Waals surface area contributed by atoms with E-state index in [0.29, 0.717) is 11.3 Å². The molecule has 1 atom stereocenters. The summed E-state index contributed by atoms with van der Waals surface area (Å²) in [7, 11) is 1.59. The van der Waals surface area contributed by atoms with E-state index in [0.717, 1.165) is 0 Å². The van der Waals surface area contributed by atoms with Gasteiger partial charge in [-0.15, -0.1) is 0 Å². The standard InChI is InChI=1S/C13H13NO3/c1-3-10(15)11-12(16)8-6-4-5-7-9(8)14(2)13(11)17/h4-7,11H,3H2,1-2H3. The van der Waals surface area contributed by atoms with Gasteiger partial charge in [-0.05, 0) is 12.1 Å². The number of ketones is 2. The van der Waals surface area contributed by atoms with Crippen molar-refractivity contribution in [2.45, 2.75) is 13.3 Å². The molecule has 0 aliphatic carbocycles. The van der Waals surface area contributed by atoms with Crippen molar-refractivity contribution in [2.75, 3.05) is 11.9 Å². The Morgan fingerprint density at radius 3 is 2.59 bits per heavy atom. The van der Waals surface area contributed by atoms with Gasteiger partial charge >= 0.3 is 0 Å². The predicted octanol–water partition coefficient (Wildman–Crippen LogP) is 1.44. The maximum absolute atomic E-state index is 12.1. The summed E-state index contributed by atoms with van der Waals surface area (Å²) in [6.45, 7) is 1.66. The second-order valence-corrected chi connectivity index (χ2v) is 4.03. The van der Waals surface area contributed by atoms with E-state index in [2.05, 4.69) is 0 Å². The summed E-state index contributed by atoms with van der Waals surface area (Å²) in [5.41, 5.74) is 1.02. The number of nitrogens with zero attached hydrogens (tertiary/aromatic N) is 1. The van der Waals surface area contributed by atoms with E-state index in [4.69, 9.17) is 0 Å². The van der Waals surface area contributed by atoms with E-state index in [1.165, 1.54) is 4.90 Å². The number of amides is 1. The molecule has 0 radical (unpaired) electrons. The molecule has 88 valence electrons. The summed E-state index contributed by atoms with van der Waals surface area (Å²) in [5.74, 6) is -2.28. The normalized spacial score (nSPS) is 19.2. The fourth-order valence-corrected chi connectivity index (χ4v) is 2.04. The van der Waals surface area contributed by atoms with E-state index in [-0.39, 0.29) is 18.0 Å². The molecule has 0 N–H and O–H groups in total. The van der Waals surface area contributed by atoms with Gasteiger partial charge in [-0.25, -0.2) is 0 Å². The summed E-state index contributed by atoms with van der Waals surface area (Å²) in [5, 5.41) is 0. The maximum Gasteiger partial charge on any atom is 0.245 e. The molecule has 0 aromatic heterocycles. The first-order valence-electron chi connectivity index (χ1n) is 5.51. The van der Waals surface area contributed by atoms with Crippen molar-refractivity contribution in [1.29, 1.82) is 0 Å². The van der Waals surface area contributed by atoms with Gasteiger partial charge in [0.2, 0.25) is 5.91 Å². The molecule has 17 heavy (non-hydrogen) atoms. The second kappa shape index (κ2) is 4.13. The molecule has 0 bridgehead atoms. The van der Waals surface area contributed by atoms with Crippen LogP contribution in [0.4, 0.5) is 5.69 Å². The number of hydrogen-bond donors (Lipinski definition) is 0. The molecule has 0 saturated carbocycles. The number of Topliss-reactive ketones (excluding diaryl/α,β-unsaturated/α-hetero) is 2. The lowest BCUT2D eigenvalue weighted by Gasteiger charge is -2.29. The van der Waals surface area contributed by atoms with Crippen molar-refractivity contribution in [2.24, 2.45) is 5.92 Å². The van der Waals surface area contributed by atoms with E-state index in [9.17, 15) is 14.4 Å². The third kappa shape index (κ3) is 1.65. The smallest absolute Gasteiger partial charge is 0.245 e. The molecular weight excluding hydrogens is 218 g/mol. The van der Waals surface area contributed by atoms with Crippen LogP contribution in [0.1, 0.15) is 23.7 Å². The molecular formula is C13H13NO3. The molecule has 1 heterocycles. The maximum atomic E-state index is 12.1. The molecule has 0 fully saturated rings. The molecule has 1 amide bonds. The number of para-hydroxylation sites is 1. The van der Waals surface area contributed by atoms with E-state index < -0.39 is 11.8 Å². The average Bonchev–Trinajstić information content (AvgIpc) is 2.36. The fourth-order valence-electron chi connectivity index (χ4n) is 2.04. The molecule has 4 heteroatoms. The van der Waals surface area contributed by atoms with E-state index in [1.807, 2.05) is 0 Å². The largest absolute Gasteiger partial charge is 0.314 e. The van der Waals surface area contributed by atoms with Gasteiger partial charge < -0.3 is 4.90 Å². The lowest BCUT2D eigenvalue weighted by atomic mass is 9.87. The molecule has 1 aromatic carbocycles. The van der Waals surface area contributed by atoms with Crippen LogP contribution in [0.3, 0.4) is 0 Å².